The van der Waals surface area contributed by atoms with Crippen LogP contribution in [0.2, 0.25) is 0 Å². The molecule has 39 heavy (non-hydrogen) atoms. The van der Waals surface area contributed by atoms with E-state index < -0.39 is 12.1 Å². The summed E-state index contributed by atoms with van der Waals surface area (Å²) in [6, 6.07) is 14.0. The zero-order valence-corrected chi connectivity index (χ0v) is 22.7. The number of fused-ring (bicyclic) bond motifs is 1. The Bertz CT molecular complexity index is 1100. The highest BCUT2D eigenvalue weighted by molar-refractivity contribution is 5.91. The van der Waals surface area contributed by atoms with E-state index in [9.17, 15) is 9.59 Å². The number of hydrogen-bond acceptors (Lipinski definition) is 7. The normalized spacial score (nSPS) is 20.6. The molecule has 9 heteroatoms. The maximum absolute atomic E-state index is 14.2. The van der Waals surface area contributed by atoms with E-state index in [0.717, 1.165) is 44.3 Å². The molecule has 5 rings (SSSR count). The quantitative estimate of drug-likeness (QED) is 0.526. The Balaban J connectivity index is 1.44. The third-order valence-electron chi connectivity index (χ3n) is 7.77. The molecule has 0 bridgehead atoms. The zero-order chi connectivity index (χ0) is 27.0. The monoisotopic (exact) mass is 537 g/mol. The highest BCUT2D eigenvalue weighted by Gasteiger charge is 2.39. The predicted molar refractivity (Wildman–Crippen MR) is 146 cm³/mol. The number of rotatable bonds is 9. The highest BCUT2D eigenvalue weighted by atomic mass is 16.6. The average molecular weight is 538 g/mol. The first-order chi connectivity index (χ1) is 19.1. The highest BCUT2D eigenvalue weighted by Crippen LogP contribution is 2.33. The zero-order valence-electron chi connectivity index (χ0n) is 22.7. The summed E-state index contributed by atoms with van der Waals surface area (Å²) in [5, 5.41) is 3.27. The van der Waals surface area contributed by atoms with Crippen LogP contribution in [0.4, 0.5) is 0 Å². The van der Waals surface area contributed by atoms with Crippen molar-refractivity contribution in [2.75, 3.05) is 53.1 Å². The molecule has 1 N–H and O–H groups in total. The molecule has 210 valence electrons. The van der Waals surface area contributed by atoms with Gasteiger partial charge in [0, 0.05) is 32.2 Å². The van der Waals surface area contributed by atoms with Gasteiger partial charge in [0.2, 0.25) is 12.0 Å². The van der Waals surface area contributed by atoms with Crippen molar-refractivity contribution < 1.29 is 28.5 Å². The molecule has 9 nitrogen and oxygen atoms in total. The number of nitrogens with zero attached hydrogens (tertiary/aromatic N) is 2. The maximum Gasteiger partial charge on any atom is 0.268 e. The van der Waals surface area contributed by atoms with Crippen molar-refractivity contribution in [3.8, 4) is 17.2 Å². The standard InChI is InChI=1S/C30H39N3O6/c1-36-24-13-11-22(12-14-24)28(29(34)31-23-7-3-2-4-8-23)33(16-15-32-17-19-37-20-18-32)30(35)27-21-38-25-9-5-6-10-26(25)39-27/h5-6,9-14,23,27-28H,2-4,7-8,15-21H2,1H3,(H,31,34)/t27-,28+/m1/s1. The molecule has 0 aromatic heterocycles. The molecule has 2 amide bonds. The molecule has 1 aliphatic carbocycles. The van der Waals surface area contributed by atoms with Crippen LogP contribution in [-0.2, 0) is 14.3 Å². The number of para-hydroxylation sites is 2. The fourth-order valence-electron chi connectivity index (χ4n) is 5.55. The summed E-state index contributed by atoms with van der Waals surface area (Å²) in [5.41, 5.74) is 0.733. The van der Waals surface area contributed by atoms with Crippen LogP contribution >= 0.6 is 0 Å². The Labute approximate surface area is 230 Å². The average Bonchev–Trinajstić information content (AvgIpc) is 2.99. The Morgan fingerprint density at radius 1 is 1.03 bits per heavy atom. The van der Waals surface area contributed by atoms with Crippen LogP contribution in [0.25, 0.3) is 0 Å². The van der Waals surface area contributed by atoms with Gasteiger partial charge in [-0.25, -0.2) is 0 Å². The van der Waals surface area contributed by atoms with Crippen molar-refractivity contribution in [3.63, 3.8) is 0 Å². The molecular weight excluding hydrogens is 498 g/mol. The number of benzene rings is 2. The maximum atomic E-state index is 14.2. The summed E-state index contributed by atoms with van der Waals surface area (Å²) < 4.78 is 22.9. The molecule has 0 unspecified atom stereocenters. The first-order valence-electron chi connectivity index (χ1n) is 14.1. The number of ether oxygens (including phenoxy) is 4. The second-order valence-electron chi connectivity index (χ2n) is 10.4. The molecule has 2 aromatic carbocycles. The van der Waals surface area contributed by atoms with Crippen LogP contribution in [0.5, 0.6) is 17.2 Å². The summed E-state index contributed by atoms with van der Waals surface area (Å²) in [5.74, 6) is 1.40. The fraction of sp³-hybridized carbons (Fsp3) is 0.533. The van der Waals surface area contributed by atoms with Gasteiger partial charge < -0.3 is 29.2 Å². The van der Waals surface area contributed by atoms with Crippen molar-refractivity contribution in [2.45, 2.75) is 50.3 Å². The summed E-state index contributed by atoms with van der Waals surface area (Å²) in [6.07, 6.45) is 4.46. The molecule has 2 aliphatic heterocycles. The molecule has 3 aliphatic rings. The first-order valence-corrected chi connectivity index (χ1v) is 14.1. The van der Waals surface area contributed by atoms with E-state index in [4.69, 9.17) is 18.9 Å². The van der Waals surface area contributed by atoms with Crippen LogP contribution in [0, 0.1) is 0 Å². The van der Waals surface area contributed by atoms with Gasteiger partial charge in [-0.2, -0.15) is 0 Å². The fourth-order valence-corrected chi connectivity index (χ4v) is 5.55. The Hall–Kier alpha value is -3.30. The number of amides is 2. The van der Waals surface area contributed by atoms with Gasteiger partial charge in [-0.1, -0.05) is 43.5 Å². The van der Waals surface area contributed by atoms with Gasteiger partial charge in [0.15, 0.2) is 11.5 Å². The van der Waals surface area contributed by atoms with Crippen LogP contribution < -0.4 is 19.5 Å². The molecule has 0 radical (unpaired) electrons. The Morgan fingerprint density at radius 3 is 2.46 bits per heavy atom. The van der Waals surface area contributed by atoms with E-state index in [-0.39, 0.29) is 24.5 Å². The minimum atomic E-state index is -0.854. The van der Waals surface area contributed by atoms with Crippen molar-refractivity contribution in [1.82, 2.24) is 15.1 Å². The van der Waals surface area contributed by atoms with Gasteiger partial charge in [0.1, 0.15) is 18.4 Å². The van der Waals surface area contributed by atoms with Crippen LogP contribution in [0.15, 0.2) is 48.5 Å². The smallest absolute Gasteiger partial charge is 0.268 e. The minimum absolute atomic E-state index is 0.0868. The van der Waals surface area contributed by atoms with Gasteiger partial charge in [0.25, 0.3) is 5.91 Å². The van der Waals surface area contributed by atoms with E-state index in [2.05, 4.69) is 10.2 Å². The number of carbonyl (C=O) groups is 2. The lowest BCUT2D eigenvalue weighted by atomic mass is 9.94. The molecule has 1 saturated carbocycles. The number of nitrogens with one attached hydrogen (secondary N) is 1. The third kappa shape index (κ3) is 6.83. The van der Waals surface area contributed by atoms with Crippen LogP contribution in [-0.4, -0.2) is 86.9 Å². The molecule has 0 spiro atoms. The third-order valence-corrected chi connectivity index (χ3v) is 7.77. The summed E-state index contributed by atoms with van der Waals surface area (Å²) in [4.78, 5) is 32.1. The topological polar surface area (TPSA) is 89.6 Å². The lowest BCUT2D eigenvalue weighted by Crippen LogP contribution is -2.54. The van der Waals surface area contributed by atoms with E-state index >= 15 is 0 Å². The van der Waals surface area contributed by atoms with Gasteiger partial charge >= 0.3 is 0 Å². The SMILES string of the molecule is COc1ccc([C@@H](C(=O)NC2CCCCC2)N(CCN2CCOCC2)C(=O)[C@H]2COc3ccccc3O2)cc1. The minimum Gasteiger partial charge on any atom is -0.497 e. The number of methoxy groups -OCH3 is 1. The molecule has 2 fully saturated rings. The van der Waals surface area contributed by atoms with E-state index in [1.807, 2.05) is 42.5 Å². The van der Waals surface area contributed by atoms with Crippen molar-refractivity contribution >= 4 is 11.8 Å². The molecule has 2 atom stereocenters. The number of morpholine rings is 1. The second kappa shape index (κ2) is 13.2. The lowest BCUT2D eigenvalue weighted by molar-refractivity contribution is -0.149. The number of hydrogen-bond donors (Lipinski definition) is 1. The molecule has 1 saturated heterocycles. The van der Waals surface area contributed by atoms with Crippen LogP contribution in [0.1, 0.15) is 43.7 Å². The Morgan fingerprint density at radius 2 is 1.74 bits per heavy atom. The Kier molecular flexibility index (Phi) is 9.21. The van der Waals surface area contributed by atoms with Crippen molar-refractivity contribution in [3.05, 3.63) is 54.1 Å². The van der Waals surface area contributed by atoms with Crippen LogP contribution in [0.3, 0.4) is 0 Å². The number of carbonyl (C=O) groups excluding carboxylic acids is 2. The van der Waals surface area contributed by atoms with E-state index in [1.165, 1.54) is 6.42 Å². The van der Waals surface area contributed by atoms with E-state index in [0.29, 0.717) is 43.6 Å². The summed E-state index contributed by atoms with van der Waals surface area (Å²) >= 11 is 0. The lowest BCUT2D eigenvalue weighted by Gasteiger charge is -2.38. The molecular formula is C30H39N3O6. The predicted octanol–water partition coefficient (Wildman–Crippen LogP) is 3.19. The van der Waals surface area contributed by atoms with E-state index in [1.54, 1.807) is 18.1 Å². The van der Waals surface area contributed by atoms with Gasteiger partial charge in [-0.15, -0.1) is 0 Å². The summed E-state index contributed by atoms with van der Waals surface area (Å²) in [7, 11) is 1.61. The van der Waals surface area contributed by atoms with Crippen molar-refractivity contribution in [2.24, 2.45) is 0 Å². The largest absolute Gasteiger partial charge is 0.497 e. The first kappa shape index (κ1) is 27.3. The second-order valence-corrected chi connectivity index (χ2v) is 10.4. The van der Waals surface area contributed by atoms with Gasteiger partial charge in [-0.05, 0) is 42.7 Å². The summed E-state index contributed by atoms with van der Waals surface area (Å²) in [6.45, 7) is 3.99. The molecule has 2 heterocycles. The van der Waals surface area contributed by atoms with Gasteiger partial charge in [0.05, 0.1) is 20.3 Å². The van der Waals surface area contributed by atoms with Crippen molar-refractivity contribution in [1.29, 1.82) is 0 Å². The van der Waals surface area contributed by atoms with Gasteiger partial charge in [-0.3, -0.25) is 14.5 Å². The molecule has 2 aromatic rings.